The van der Waals surface area contributed by atoms with Gasteiger partial charge in [0.25, 0.3) is 21.9 Å². The van der Waals surface area contributed by atoms with Gasteiger partial charge in [0.1, 0.15) is 17.4 Å². The first-order chi connectivity index (χ1) is 17.4. The molecule has 2 N–H and O–H groups in total. The van der Waals surface area contributed by atoms with E-state index in [4.69, 9.17) is 4.74 Å². The molecular weight excluding hydrogens is 511 g/mol. The van der Waals surface area contributed by atoms with Gasteiger partial charge < -0.3 is 9.64 Å². The molecule has 0 spiro atoms. The van der Waals surface area contributed by atoms with Gasteiger partial charge in [-0.25, -0.2) is 22.9 Å². The number of benzene rings is 1. The molecule has 1 aromatic carbocycles. The van der Waals surface area contributed by atoms with E-state index in [-0.39, 0.29) is 46.9 Å². The molecule has 13 heteroatoms. The quantitative estimate of drug-likeness (QED) is 0.446. The summed E-state index contributed by atoms with van der Waals surface area (Å²) in [5, 5.41) is 5.52. The van der Waals surface area contributed by atoms with Crippen LogP contribution < -0.4 is 14.4 Å². The van der Waals surface area contributed by atoms with E-state index >= 15 is 0 Å². The number of H-pyrrole nitrogens is 1. The zero-order valence-corrected chi connectivity index (χ0v) is 21.0. The van der Waals surface area contributed by atoms with Gasteiger partial charge in [-0.3, -0.25) is 9.89 Å². The number of anilines is 1. The third-order valence-electron chi connectivity index (χ3n) is 5.66. The number of alkyl halides is 2. The number of carbonyl (C=O) groups excluding carboxylic acids is 1. The van der Waals surface area contributed by atoms with Crippen LogP contribution in [0.3, 0.4) is 0 Å². The van der Waals surface area contributed by atoms with Crippen LogP contribution in [0.1, 0.15) is 37.0 Å². The van der Waals surface area contributed by atoms with Crippen molar-refractivity contribution in [1.82, 2.24) is 19.9 Å². The van der Waals surface area contributed by atoms with Crippen molar-refractivity contribution in [1.29, 1.82) is 0 Å². The highest BCUT2D eigenvalue weighted by atomic mass is 32.2. The molecule has 1 saturated heterocycles. The van der Waals surface area contributed by atoms with Crippen LogP contribution in [0.4, 0.5) is 19.0 Å². The smallest absolute Gasteiger partial charge is 0.281 e. The molecular formula is C24H26F3N5O4S. The number of carbonyl (C=O) groups is 1. The Bertz CT molecular complexity index is 1370. The molecule has 1 aliphatic rings. The Labute approximate surface area is 212 Å². The van der Waals surface area contributed by atoms with E-state index in [0.717, 1.165) is 0 Å². The van der Waals surface area contributed by atoms with Crippen molar-refractivity contribution in [2.24, 2.45) is 5.92 Å². The Morgan fingerprint density at radius 3 is 2.57 bits per heavy atom. The molecule has 0 atom stereocenters. The molecule has 3 aromatic rings. The summed E-state index contributed by atoms with van der Waals surface area (Å²) in [4.78, 5) is 19.0. The highest BCUT2D eigenvalue weighted by molar-refractivity contribution is 7.90. The van der Waals surface area contributed by atoms with Crippen LogP contribution >= 0.6 is 0 Å². The number of hydrogen-bond donors (Lipinski definition) is 2. The average Bonchev–Trinajstić information content (AvgIpc) is 3.38. The van der Waals surface area contributed by atoms with Gasteiger partial charge in [-0.15, -0.1) is 0 Å². The normalized spacial score (nSPS) is 15.6. The number of nitrogens with one attached hydrogen (secondary N) is 2. The molecule has 198 valence electrons. The van der Waals surface area contributed by atoms with Crippen molar-refractivity contribution < 1.29 is 31.1 Å². The number of hydrogen-bond acceptors (Lipinski definition) is 7. The molecule has 37 heavy (non-hydrogen) atoms. The molecule has 1 amide bonds. The number of aromatic amines is 1. The van der Waals surface area contributed by atoms with E-state index in [9.17, 15) is 26.4 Å². The lowest BCUT2D eigenvalue weighted by atomic mass is 10.0. The van der Waals surface area contributed by atoms with Crippen LogP contribution in [0.5, 0.6) is 5.75 Å². The molecule has 1 fully saturated rings. The third kappa shape index (κ3) is 6.40. The highest BCUT2D eigenvalue weighted by Crippen LogP contribution is 2.33. The third-order valence-corrected chi connectivity index (χ3v) is 6.92. The Kier molecular flexibility index (Phi) is 7.44. The molecule has 0 saturated carbocycles. The number of amides is 1. The van der Waals surface area contributed by atoms with Crippen molar-refractivity contribution in [3.8, 4) is 17.0 Å². The fraction of sp³-hybridized carbons (Fsp3) is 0.375. The number of piperidine rings is 1. The zero-order valence-electron chi connectivity index (χ0n) is 20.2. The number of pyridine rings is 1. The lowest BCUT2D eigenvalue weighted by Crippen LogP contribution is -2.41. The Hall–Kier alpha value is -3.61. The van der Waals surface area contributed by atoms with E-state index < -0.39 is 40.5 Å². The van der Waals surface area contributed by atoms with Gasteiger partial charge in [0.2, 0.25) is 0 Å². The topological polar surface area (TPSA) is 117 Å². The van der Waals surface area contributed by atoms with Crippen molar-refractivity contribution in [2.45, 2.75) is 37.6 Å². The summed E-state index contributed by atoms with van der Waals surface area (Å²) >= 11 is 0. The molecule has 0 bridgehead atoms. The van der Waals surface area contributed by atoms with Gasteiger partial charge in [-0.05, 0) is 36.2 Å². The summed E-state index contributed by atoms with van der Waals surface area (Å²) in [5.74, 6) is -3.90. The summed E-state index contributed by atoms with van der Waals surface area (Å²) in [6, 6.07) is 8.00. The molecule has 0 radical (unpaired) electrons. The second-order valence-electron chi connectivity index (χ2n) is 9.15. The lowest BCUT2D eigenvalue weighted by Gasteiger charge is -2.33. The van der Waals surface area contributed by atoms with Crippen molar-refractivity contribution in [3.05, 3.63) is 54.0 Å². The standard InChI is InChI=1S/C24H26F3N5O4S/c1-15(2)14-36-18-12-16(11-17(25)13-18)20-4-3-19(22(29-20)32-9-6-24(26,27)7-10-32)23(33)31-37(34,35)21-5-8-28-30-21/h3-5,8,11-13,15H,6-7,9-10,14H2,1-2H3,(H,28,30)(H,31,33). The Morgan fingerprint density at radius 2 is 1.92 bits per heavy atom. The van der Waals surface area contributed by atoms with Crippen LogP contribution in [0, 0.1) is 11.7 Å². The molecule has 3 heterocycles. The first-order valence-electron chi connectivity index (χ1n) is 11.6. The summed E-state index contributed by atoms with van der Waals surface area (Å²) in [6.45, 7) is 4.05. The summed E-state index contributed by atoms with van der Waals surface area (Å²) < 4.78 is 74.6. The van der Waals surface area contributed by atoms with Gasteiger partial charge in [-0.1, -0.05) is 13.8 Å². The van der Waals surface area contributed by atoms with Crippen molar-refractivity contribution in [2.75, 3.05) is 24.6 Å². The lowest BCUT2D eigenvalue weighted by molar-refractivity contribution is -0.0221. The fourth-order valence-corrected chi connectivity index (χ4v) is 4.63. The van der Waals surface area contributed by atoms with Gasteiger partial charge in [0, 0.05) is 37.6 Å². The number of ether oxygens (including phenoxy) is 1. The largest absolute Gasteiger partial charge is 0.493 e. The van der Waals surface area contributed by atoms with Gasteiger partial charge in [0.15, 0.2) is 5.03 Å². The molecule has 2 aromatic heterocycles. The number of nitrogens with zero attached hydrogens (tertiary/aromatic N) is 3. The minimum Gasteiger partial charge on any atom is -0.493 e. The maximum absolute atomic E-state index is 14.4. The first-order valence-corrected chi connectivity index (χ1v) is 13.1. The summed E-state index contributed by atoms with van der Waals surface area (Å²) in [7, 11) is -4.27. The van der Waals surface area contributed by atoms with E-state index in [1.165, 1.54) is 41.4 Å². The van der Waals surface area contributed by atoms with E-state index in [1.807, 2.05) is 18.6 Å². The predicted octanol–water partition coefficient (Wildman–Crippen LogP) is 4.00. The molecule has 1 aliphatic heterocycles. The maximum Gasteiger partial charge on any atom is 0.281 e. The second-order valence-corrected chi connectivity index (χ2v) is 10.8. The zero-order chi connectivity index (χ0) is 26.8. The SMILES string of the molecule is CC(C)COc1cc(F)cc(-c2ccc(C(=O)NS(=O)(=O)c3ccn[nH]3)c(N3CCC(F)(F)CC3)n2)c1. The van der Waals surface area contributed by atoms with Gasteiger partial charge in [-0.2, -0.15) is 13.5 Å². The maximum atomic E-state index is 14.4. The average molecular weight is 538 g/mol. The molecule has 0 unspecified atom stereocenters. The van der Waals surface area contributed by atoms with Crippen LogP contribution in [0.2, 0.25) is 0 Å². The minimum atomic E-state index is -4.27. The molecule has 0 aliphatic carbocycles. The van der Waals surface area contributed by atoms with E-state index in [0.29, 0.717) is 12.2 Å². The predicted molar refractivity (Wildman–Crippen MR) is 130 cm³/mol. The summed E-state index contributed by atoms with van der Waals surface area (Å²) in [6.07, 6.45) is 0.298. The van der Waals surface area contributed by atoms with E-state index in [1.54, 1.807) is 6.07 Å². The molecule has 9 nitrogen and oxygen atoms in total. The monoisotopic (exact) mass is 537 g/mol. The van der Waals surface area contributed by atoms with Crippen LogP contribution in [-0.2, 0) is 10.0 Å². The first kappa shape index (κ1) is 26.5. The Morgan fingerprint density at radius 1 is 1.19 bits per heavy atom. The fourth-order valence-electron chi connectivity index (χ4n) is 3.75. The van der Waals surface area contributed by atoms with Crippen LogP contribution in [0.25, 0.3) is 11.3 Å². The molecule has 4 rings (SSSR count). The van der Waals surface area contributed by atoms with Crippen LogP contribution in [-0.4, -0.2) is 55.1 Å². The van der Waals surface area contributed by atoms with E-state index in [2.05, 4.69) is 15.2 Å². The van der Waals surface area contributed by atoms with Crippen molar-refractivity contribution >= 4 is 21.7 Å². The number of aromatic nitrogens is 3. The van der Waals surface area contributed by atoms with Gasteiger partial charge >= 0.3 is 0 Å². The highest BCUT2D eigenvalue weighted by Gasteiger charge is 2.36. The van der Waals surface area contributed by atoms with Crippen molar-refractivity contribution in [3.63, 3.8) is 0 Å². The minimum absolute atomic E-state index is 0.0132. The number of halogens is 3. The number of rotatable bonds is 8. The Balaban J connectivity index is 1.71. The second kappa shape index (κ2) is 10.4. The number of sulfonamides is 1. The van der Waals surface area contributed by atoms with Gasteiger partial charge in [0.05, 0.1) is 24.1 Å². The van der Waals surface area contributed by atoms with Crippen LogP contribution in [0.15, 0.2) is 47.6 Å². The summed E-state index contributed by atoms with van der Waals surface area (Å²) in [5.41, 5.74) is 0.471.